The maximum atomic E-state index is 14.4. The normalized spacial score (nSPS) is 17.4. The van der Waals surface area contributed by atoms with E-state index in [1.54, 1.807) is 30.4 Å². The van der Waals surface area contributed by atoms with E-state index in [-0.39, 0.29) is 34.0 Å². The number of aromatic carboxylic acids is 1. The number of carboxylic acids is 1. The summed E-state index contributed by atoms with van der Waals surface area (Å²) in [6.07, 6.45) is 6.68. The molecule has 40 heavy (non-hydrogen) atoms. The lowest BCUT2D eigenvalue weighted by Gasteiger charge is -2.27. The van der Waals surface area contributed by atoms with Gasteiger partial charge in [-0.1, -0.05) is 68.0 Å². The topological polar surface area (TPSA) is 95.1 Å². The zero-order chi connectivity index (χ0) is 28.4. The van der Waals surface area contributed by atoms with Crippen molar-refractivity contribution in [3.63, 3.8) is 0 Å². The fraction of sp³-hybridized carbons (Fsp3) is 0.194. The van der Waals surface area contributed by atoms with Crippen molar-refractivity contribution in [2.75, 3.05) is 0 Å². The number of imidazole rings is 1. The molecule has 1 heterocycles. The van der Waals surface area contributed by atoms with Gasteiger partial charge in [-0.05, 0) is 35.7 Å². The van der Waals surface area contributed by atoms with E-state index in [9.17, 15) is 23.5 Å². The number of hydrogen-bond acceptors (Lipinski definition) is 3. The van der Waals surface area contributed by atoms with E-state index in [2.05, 4.69) is 15.3 Å². The van der Waals surface area contributed by atoms with Gasteiger partial charge >= 0.3 is 5.97 Å². The van der Waals surface area contributed by atoms with E-state index in [1.165, 1.54) is 6.07 Å². The van der Waals surface area contributed by atoms with Gasteiger partial charge in [0, 0.05) is 23.1 Å². The average molecular weight is 562 g/mol. The van der Waals surface area contributed by atoms with Crippen molar-refractivity contribution in [1.82, 2.24) is 15.3 Å². The molecular formula is C31H26ClF2N3O3. The van der Waals surface area contributed by atoms with Gasteiger partial charge in [0.1, 0.15) is 17.2 Å². The summed E-state index contributed by atoms with van der Waals surface area (Å²) in [4.78, 5) is 32.9. The molecule has 1 aromatic heterocycles. The number of nitrogens with one attached hydrogen (secondary N) is 2. The number of carbonyl (C=O) groups excluding carboxylic acids is 1. The number of H-pyrrole nitrogens is 1. The van der Waals surface area contributed by atoms with E-state index in [4.69, 9.17) is 11.6 Å². The number of aromatic nitrogens is 2. The molecule has 3 atom stereocenters. The Morgan fingerprint density at radius 3 is 2.62 bits per heavy atom. The average Bonchev–Trinajstić information content (AvgIpc) is 3.37. The van der Waals surface area contributed by atoms with Crippen LogP contribution in [0.25, 0.3) is 16.6 Å². The Morgan fingerprint density at radius 1 is 1.12 bits per heavy atom. The Bertz CT molecular complexity index is 1650. The van der Waals surface area contributed by atoms with Crippen molar-refractivity contribution in [2.24, 2.45) is 0 Å². The molecule has 3 aromatic carbocycles. The van der Waals surface area contributed by atoms with Crippen LogP contribution < -0.4 is 5.32 Å². The predicted octanol–water partition coefficient (Wildman–Crippen LogP) is 7.15. The Balaban J connectivity index is 1.51. The second kappa shape index (κ2) is 11.4. The number of halogens is 3. The number of amides is 1. The second-order valence-electron chi connectivity index (χ2n) is 9.63. The summed E-state index contributed by atoms with van der Waals surface area (Å²) < 4.78 is 28.1. The molecular weight excluding hydrogens is 536 g/mol. The van der Waals surface area contributed by atoms with Crippen molar-refractivity contribution in [3.8, 4) is 0 Å². The van der Waals surface area contributed by atoms with Crippen LogP contribution in [0.2, 0.25) is 0 Å². The fourth-order valence-electron chi connectivity index (χ4n) is 5.09. The molecule has 9 heteroatoms. The van der Waals surface area contributed by atoms with E-state index >= 15 is 0 Å². The predicted molar refractivity (Wildman–Crippen MR) is 150 cm³/mol. The van der Waals surface area contributed by atoms with Gasteiger partial charge in [-0.2, -0.15) is 0 Å². The molecule has 3 N–H and O–H groups in total. The lowest BCUT2D eigenvalue weighted by Crippen LogP contribution is -2.29. The van der Waals surface area contributed by atoms with Gasteiger partial charge in [0.05, 0.1) is 22.5 Å². The molecule has 1 aliphatic carbocycles. The van der Waals surface area contributed by atoms with Gasteiger partial charge in [0.2, 0.25) is 0 Å². The highest BCUT2D eigenvalue weighted by Crippen LogP contribution is 2.41. The number of aromatic amines is 1. The van der Waals surface area contributed by atoms with Gasteiger partial charge in [-0.25, -0.2) is 18.6 Å². The van der Waals surface area contributed by atoms with Crippen LogP contribution in [0.5, 0.6) is 0 Å². The van der Waals surface area contributed by atoms with Crippen LogP contribution >= 0.6 is 11.6 Å². The molecule has 0 bridgehead atoms. The minimum Gasteiger partial charge on any atom is -0.478 e. The van der Waals surface area contributed by atoms with Crippen LogP contribution in [-0.4, -0.2) is 32.3 Å². The smallest absolute Gasteiger partial charge is 0.336 e. The minimum atomic E-state index is -1.23. The molecule has 1 amide bonds. The molecule has 5 rings (SSSR count). The van der Waals surface area contributed by atoms with E-state index in [0.29, 0.717) is 11.1 Å². The van der Waals surface area contributed by atoms with Crippen LogP contribution in [0.3, 0.4) is 0 Å². The summed E-state index contributed by atoms with van der Waals surface area (Å²) in [6, 6.07) is 15.7. The third kappa shape index (κ3) is 5.40. The highest BCUT2D eigenvalue weighted by molar-refractivity contribution is 6.23. The van der Waals surface area contributed by atoms with Crippen LogP contribution in [0.15, 0.2) is 78.9 Å². The SMILES string of the molecule is CCC[C@@H](NC(=O)c1ccc(C2C(c3nc4c(F)cc(F)cc4[nH]3)=CC=C[C@@H]2Cl)c(C(=O)O)c1)c1ccccc1. The molecule has 6 nitrogen and oxygen atoms in total. The summed E-state index contributed by atoms with van der Waals surface area (Å²) in [5.41, 5.74) is 2.06. The van der Waals surface area contributed by atoms with Gasteiger partial charge in [0.25, 0.3) is 5.91 Å². The molecule has 0 aliphatic heterocycles. The molecule has 204 valence electrons. The number of rotatable bonds is 8. The summed E-state index contributed by atoms with van der Waals surface area (Å²) in [6.45, 7) is 2.03. The van der Waals surface area contributed by atoms with Crippen LogP contribution in [0, 0.1) is 11.6 Å². The largest absolute Gasteiger partial charge is 0.478 e. The van der Waals surface area contributed by atoms with Crippen molar-refractivity contribution < 1.29 is 23.5 Å². The molecule has 0 saturated carbocycles. The lowest BCUT2D eigenvalue weighted by atomic mass is 9.81. The summed E-state index contributed by atoms with van der Waals surface area (Å²) in [5, 5.41) is 12.5. The number of benzene rings is 3. The van der Waals surface area contributed by atoms with Crippen LogP contribution in [0.1, 0.15) is 69.4 Å². The number of carboxylic acid groups (broad SMARTS) is 1. The molecule has 0 radical (unpaired) electrons. The third-order valence-corrected chi connectivity index (χ3v) is 7.37. The van der Waals surface area contributed by atoms with Gasteiger partial charge in [-0.15, -0.1) is 11.6 Å². The van der Waals surface area contributed by atoms with Crippen molar-refractivity contribution in [3.05, 3.63) is 119 Å². The Morgan fingerprint density at radius 2 is 1.90 bits per heavy atom. The van der Waals surface area contributed by atoms with Gasteiger partial charge < -0.3 is 15.4 Å². The third-order valence-electron chi connectivity index (χ3n) is 6.97. The maximum Gasteiger partial charge on any atom is 0.336 e. The first-order chi connectivity index (χ1) is 19.3. The molecule has 1 aliphatic rings. The Hall–Kier alpha value is -4.30. The number of fused-ring (bicyclic) bond motifs is 1. The Kier molecular flexibility index (Phi) is 7.80. The number of allylic oxidation sites excluding steroid dienone is 4. The van der Waals surface area contributed by atoms with Crippen molar-refractivity contribution >= 4 is 40.1 Å². The van der Waals surface area contributed by atoms with Crippen LogP contribution in [0.4, 0.5) is 8.78 Å². The standard InChI is InChI=1S/C31H26ClF2N3O3/c1-2-7-25(17-8-4-3-5-9-17)36-30(38)18-12-13-20(22(14-18)31(39)40)27-21(10-6-11-23(27)32)29-35-26-16-19(33)15-24(34)28(26)37-29/h3-6,8-16,23,25,27H,2,7H2,1H3,(H,35,37)(H,36,38)(H,39,40)/t23-,25+,27?/m0/s1. The highest BCUT2D eigenvalue weighted by atomic mass is 35.5. The maximum absolute atomic E-state index is 14.4. The van der Waals surface area contributed by atoms with E-state index in [0.717, 1.165) is 30.5 Å². The zero-order valence-corrected chi connectivity index (χ0v) is 22.3. The first kappa shape index (κ1) is 27.3. The van der Waals surface area contributed by atoms with Crippen molar-refractivity contribution in [1.29, 1.82) is 0 Å². The first-order valence-electron chi connectivity index (χ1n) is 12.9. The zero-order valence-electron chi connectivity index (χ0n) is 21.5. The fourth-order valence-corrected chi connectivity index (χ4v) is 5.44. The van der Waals surface area contributed by atoms with Gasteiger partial charge in [0.15, 0.2) is 5.82 Å². The van der Waals surface area contributed by atoms with E-state index < -0.39 is 34.8 Å². The first-order valence-corrected chi connectivity index (χ1v) is 13.3. The molecule has 0 saturated heterocycles. The van der Waals surface area contributed by atoms with Crippen molar-refractivity contribution in [2.45, 2.75) is 37.1 Å². The second-order valence-corrected chi connectivity index (χ2v) is 10.1. The monoisotopic (exact) mass is 561 g/mol. The number of nitrogens with zero attached hydrogens (tertiary/aromatic N) is 1. The minimum absolute atomic E-state index is 0.0396. The van der Waals surface area contributed by atoms with Gasteiger partial charge in [-0.3, -0.25) is 4.79 Å². The number of alkyl halides is 1. The lowest BCUT2D eigenvalue weighted by molar-refractivity contribution is 0.0695. The summed E-state index contributed by atoms with van der Waals surface area (Å²) in [7, 11) is 0. The van der Waals surface area contributed by atoms with E-state index in [1.807, 2.05) is 37.3 Å². The quantitative estimate of drug-likeness (QED) is 0.199. The molecule has 1 unspecified atom stereocenters. The van der Waals surface area contributed by atoms with Crippen LogP contribution in [-0.2, 0) is 0 Å². The molecule has 0 spiro atoms. The Labute approximate surface area is 234 Å². The molecule has 4 aromatic rings. The summed E-state index contributed by atoms with van der Waals surface area (Å²) >= 11 is 6.69. The number of carbonyl (C=O) groups is 2. The summed E-state index contributed by atoms with van der Waals surface area (Å²) in [5.74, 6) is -3.65. The highest BCUT2D eigenvalue weighted by Gasteiger charge is 2.32. The molecule has 0 fully saturated rings. The number of hydrogen-bond donors (Lipinski definition) is 3.